The van der Waals surface area contributed by atoms with E-state index in [0.29, 0.717) is 44.3 Å². The van der Waals surface area contributed by atoms with Crippen LogP contribution >= 0.6 is 0 Å². The van der Waals surface area contributed by atoms with Crippen LogP contribution in [0.2, 0.25) is 0 Å². The molecule has 0 spiro atoms. The summed E-state index contributed by atoms with van der Waals surface area (Å²) in [5.74, 6) is 0.254. The van der Waals surface area contributed by atoms with E-state index in [-0.39, 0.29) is 6.10 Å². The van der Waals surface area contributed by atoms with Gasteiger partial charge in [0, 0.05) is 49.4 Å². The Morgan fingerprint density at radius 3 is 2.53 bits per heavy atom. The summed E-state index contributed by atoms with van der Waals surface area (Å²) in [5, 5.41) is 13.3. The first-order valence-corrected chi connectivity index (χ1v) is 11.9. The van der Waals surface area contributed by atoms with Crippen LogP contribution in [0.3, 0.4) is 0 Å². The molecular formula is C26H34N2O6. The Hall–Kier alpha value is -2.84. The Morgan fingerprint density at radius 2 is 1.88 bits per heavy atom. The second kappa shape index (κ2) is 10.6. The van der Waals surface area contributed by atoms with Crippen LogP contribution in [0.1, 0.15) is 49.7 Å². The fourth-order valence-electron chi connectivity index (χ4n) is 4.90. The monoisotopic (exact) mass is 470 g/mol. The van der Waals surface area contributed by atoms with E-state index in [1.165, 1.54) is 12.8 Å². The molecule has 2 N–H and O–H groups in total. The second-order valence-corrected chi connectivity index (χ2v) is 9.10. The Balaban J connectivity index is 1.74. The van der Waals surface area contributed by atoms with Gasteiger partial charge in [-0.15, -0.1) is 0 Å². The van der Waals surface area contributed by atoms with Gasteiger partial charge in [-0.3, -0.25) is 0 Å². The number of rotatable bonds is 9. The SMILES string of the molecule is COc1cc(OC)nc(-c2c(C)cc(NC3(C(=O)O)CCOCC3)cc2COC2CCCC2)c1. The van der Waals surface area contributed by atoms with Gasteiger partial charge in [0.15, 0.2) is 0 Å². The molecule has 184 valence electrons. The number of anilines is 1. The largest absolute Gasteiger partial charge is 0.496 e. The second-order valence-electron chi connectivity index (χ2n) is 9.10. The highest BCUT2D eigenvalue weighted by Gasteiger charge is 2.40. The fourth-order valence-corrected chi connectivity index (χ4v) is 4.90. The Bertz CT molecular complexity index is 990. The average molecular weight is 471 g/mol. The van der Waals surface area contributed by atoms with Crippen molar-refractivity contribution in [1.29, 1.82) is 0 Å². The van der Waals surface area contributed by atoms with Gasteiger partial charge in [-0.1, -0.05) is 12.8 Å². The van der Waals surface area contributed by atoms with Gasteiger partial charge in [-0.25, -0.2) is 9.78 Å². The number of methoxy groups -OCH3 is 2. The number of carbonyl (C=O) groups is 1. The lowest BCUT2D eigenvalue weighted by Gasteiger charge is -2.35. The van der Waals surface area contributed by atoms with Gasteiger partial charge in [0.05, 0.1) is 32.6 Å². The van der Waals surface area contributed by atoms with E-state index >= 15 is 0 Å². The smallest absolute Gasteiger partial charge is 0.329 e. The molecular weight excluding hydrogens is 436 g/mol. The van der Waals surface area contributed by atoms with Crippen LogP contribution in [0.5, 0.6) is 11.6 Å². The molecule has 34 heavy (non-hydrogen) atoms. The first-order chi connectivity index (χ1) is 16.4. The number of hydrogen-bond donors (Lipinski definition) is 2. The van der Waals surface area contributed by atoms with Crippen molar-refractivity contribution >= 4 is 11.7 Å². The maximum atomic E-state index is 12.2. The number of aromatic nitrogens is 1. The minimum Gasteiger partial charge on any atom is -0.496 e. The third-order valence-corrected chi connectivity index (χ3v) is 6.81. The number of carboxylic acid groups (broad SMARTS) is 1. The van der Waals surface area contributed by atoms with Crippen LogP contribution < -0.4 is 14.8 Å². The Morgan fingerprint density at radius 1 is 1.15 bits per heavy atom. The van der Waals surface area contributed by atoms with Gasteiger partial charge in [0.2, 0.25) is 5.88 Å². The minimum atomic E-state index is -1.05. The van der Waals surface area contributed by atoms with Crippen LogP contribution in [0.25, 0.3) is 11.3 Å². The number of carboxylic acids is 1. The van der Waals surface area contributed by atoms with E-state index in [2.05, 4.69) is 10.3 Å². The zero-order valence-electron chi connectivity index (χ0n) is 20.2. The quantitative estimate of drug-likeness (QED) is 0.550. The van der Waals surface area contributed by atoms with Crippen molar-refractivity contribution in [2.75, 3.05) is 32.8 Å². The first-order valence-electron chi connectivity index (χ1n) is 11.9. The van der Waals surface area contributed by atoms with E-state index in [9.17, 15) is 9.90 Å². The fraction of sp³-hybridized carbons (Fsp3) is 0.538. The van der Waals surface area contributed by atoms with E-state index in [0.717, 1.165) is 40.9 Å². The number of benzene rings is 1. The molecule has 1 aliphatic heterocycles. The maximum Gasteiger partial charge on any atom is 0.329 e. The molecule has 0 amide bonds. The van der Waals surface area contributed by atoms with Crippen molar-refractivity contribution in [2.24, 2.45) is 0 Å². The van der Waals surface area contributed by atoms with Crippen molar-refractivity contribution in [1.82, 2.24) is 4.98 Å². The molecule has 0 bridgehead atoms. The van der Waals surface area contributed by atoms with Gasteiger partial charge in [-0.05, 0) is 43.0 Å². The minimum absolute atomic E-state index is 0.249. The highest BCUT2D eigenvalue weighted by molar-refractivity contribution is 5.84. The van der Waals surface area contributed by atoms with E-state index in [4.69, 9.17) is 18.9 Å². The number of nitrogens with one attached hydrogen (secondary N) is 1. The molecule has 1 saturated heterocycles. The number of nitrogens with zero attached hydrogens (tertiary/aromatic N) is 1. The molecule has 2 aromatic rings. The van der Waals surface area contributed by atoms with Gasteiger partial charge in [0.1, 0.15) is 11.3 Å². The summed E-state index contributed by atoms with van der Waals surface area (Å²) in [6.07, 6.45) is 5.58. The summed E-state index contributed by atoms with van der Waals surface area (Å²) < 4.78 is 22.6. The molecule has 0 unspecified atom stereocenters. The highest BCUT2D eigenvalue weighted by atomic mass is 16.5. The lowest BCUT2D eigenvalue weighted by atomic mass is 9.89. The predicted molar refractivity (Wildman–Crippen MR) is 129 cm³/mol. The molecule has 2 aliphatic rings. The van der Waals surface area contributed by atoms with E-state index in [1.807, 2.05) is 25.1 Å². The molecule has 8 heteroatoms. The summed E-state index contributed by atoms with van der Waals surface area (Å²) >= 11 is 0. The zero-order chi connectivity index (χ0) is 24.1. The van der Waals surface area contributed by atoms with Crippen LogP contribution in [-0.2, 0) is 20.9 Å². The summed E-state index contributed by atoms with van der Waals surface area (Å²) in [6.45, 7) is 3.26. The molecule has 1 saturated carbocycles. The standard InChI is InChI=1S/C26H34N2O6/c1-17-12-19(28-26(25(29)30)8-10-33-11-9-26)13-18(16-34-20-6-4-5-7-20)24(17)22-14-21(31-2)15-23(27-22)32-3/h12-15,20,28H,4-11,16H2,1-3H3,(H,29,30). The van der Waals surface area contributed by atoms with Gasteiger partial charge in [0.25, 0.3) is 0 Å². The molecule has 1 aliphatic carbocycles. The average Bonchev–Trinajstić information content (AvgIpc) is 3.36. The van der Waals surface area contributed by atoms with Gasteiger partial charge in [-0.2, -0.15) is 0 Å². The van der Waals surface area contributed by atoms with Crippen molar-refractivity contribution in [3.63, 3.8) is 0 Å². The number of ether oxygens (including phenoxy) is 4. The van der Waals surface area contributed by atoms with Gasteiger partial charge >= 0.3 is 5.97 Å². The normalized spacial score (nSPS) is 18.0. The molecule has 1 aromatic heterocycles. The Labute approximate surface area is 200 Å². The zero-order valence-corrected chi connectivity index (χ0v) is 20.2. The van der Waals surface area contributed by atoms with Crippen LogP contribution in [0, 0.1) is 6.92 Å². The lowest BCUT2D eigenvalue weighted by molar-refractivity contribution is -0.145. The number of aryl methyl sites for hydroxylation is 1. The van der Waals surface area contributed by atoms with Crippen molar-refractivity contribution in [3.05, 3.63) is 35.4 Å². The van der Waals surface area contributed by atoms with Crippen molar-refractivity contribution < 1.29 is 28.8 Å². The topological polar surface area (TPSA) is 99.1 Å². The molecule has 4 rings (SSSR count). The first kappa shape index (κ1) is 24.3. The summed E-state index contributed by atoms with van der Waals surface area (Å²) in [6, 6.07) is 7.59. The van der Waals surface area contributed by atoms with Crippen LogP contribution in [0.4, 0.5) is 5.69 Å². The third-order valence-electron chi connectivity index (χ3n) is 6.81. The number of aliphatic carboxylic acids is 1. The molecule has 8 nitrogen and oxygen atoms in total. The molecule has 0 atom stereocenters. The molecule has 2 heterocycles. The molecule has 1 aromatic carbocycles. The van der Waals surface area contributed by atoms with Crippen LogP contribution in [0.15, 0.2) is 24.3 Å². The Kier molecular flexibility index (Phi) is 7.58. The number of pyridine rings is 1. The van der Waals surface area contributed by atoms with Gasteiger partial charge < -0.3 is 29.4 Å². The van der Waals surface area contributed by atoms with E-state index in [1.54, 1.807) is 20.3 Å². The third kappa shape index (κ3) is 5.28. The summed E-state index contributed by atoms with van der Waals surface area (Å²) in [7, 11) is 3.19. The predicted octanol–water partition coefficient (Wildman–Crippen LogP) is 4.58. The lowest BCUT2D eigenvalue weighted by Crippen LogP contribution is -2.50. The maximum absolute atomic E-state index is 12.2. The highest BCUT2D eigenvalue weighted by Crippen LogP contribution is 2.36. The summed E-state index contributed by atoms with van der Waals surface area (Å²) in [5.41, 5.74) is 3.29. The van der Waals surface area contributed by atoms with Crippen LogP contribution in [-0.4, -0.2) is 55.1 Å². The van der Waals surface area contributed by atoms with Crippen molar-refractivity contribution in [2.45, 2.75) is 63.7 Å². The molecule has 0 radical (unpaired) electrons. The van der Waals surface area contributed by atoms with E-state index < -0.39 is 11.5 Å². The van der Waals surface area contributed by atoms with Crippen molar-refractivity contribution in [3.8, 4) is 22.9 Å². The summed E-state index contributed by atoms with van der Waals surface area (Å²) in [4.78, 5) is 16.9. The number of hydrogen-bond acceptors (Lipinski definition) is 7. The molecule has 2 fully saturated rings.